The smallest absolute Gasteiger partial charge is 0.232 e. The standard InChI is InChI=1S/C20H13ClF2N4O2S/c1-7(28)14-17(23)16(21)15(10-6-24-27-18(10)14)8-2-3-12-13(4-8)30-20(25-12)26-19(29)9-5-11(9)22/h2-4,6,9,11H,5H2,1H3,(H,24,27)(H,25,26,29)/t9-,11+/m1/s1. The second kappa shape index (κ2) is 6.82. The number of fused-ring (bicyclic) bond motifs is 2. The molecule has 2 aromatic heterocycles. The Labute approximate surface area is 177 Å². The number of hydrogen-bond acceptors (Lipinski definition) is 5. The quantitative estimate of drug-likeness (QED) is 0.425. The van der Waals surface area contributed by atoms with E-state index >= 15 is 0 Å². The number of nitrogens with zero attached hydrogens (tertiary/aromatic N) is 2. The number of aromatic nitrogens is 3. The molecule has 1 aliphatic carbocycles. The van der Waals surface area contributed by atoms with Crippen molar-refractivity contribution in [2.75, 3.05) is 5.32 Å². The first-order valence-electron chi connectivity index (χ1n) is 9.06. The normalized spacial score (nSPS) is 18.1. The molecule has 1 saturated carbocycles. The van der Waals surface area contributed by atoms with Crippen LogP contribution >= 0.6 is 22.9 Å². The van der Waals surface area contributed by atoms with Crippen LogP contribution in [0.1, 0.15) is 23.7 Å². The molecular weight excluding hydrogens is 434 g/mol. The van der Waals surface area contributed by atoms with Crippen LogP contribution in [0.4, 0.5) is 13.9 Å². The number of halogens is 3. The Morgan fingerprint density at radius 3 is 2.83 bits per heavy atom. The molecule has 0 aliphatic heterocycles. The van der Waals surface area contributed by atoms with Crippen molar-refractivity contribution < 1.29 is 18.4 Å². The maximum Gasteiger partial charge on any atom is 0.232 e. The van der Waals surface area contributed by atoms with Crippen LogP contribution in [0.25, 0.3) is 32.2 Å². The largest absolute Gasteiger partial charge is 0.302 e. The van der Waals surface area contributed by atoms with E-state index in [0.717, 1.165) is 4.70 Å². The van der Waals surface area contributed by atoms with Gasteiger partial charge in [-0.05, 0) is 31.0 Å². The molecule has 2 atom stereocenters. The fourth-order valence-corrected chi connectivity index (χ4v) is 4.71. The molecule has 0 bridgehead atoms. The van der Waals surface area contributed by atoms with Gasteiger partial charge in [-0.3, -0.25) is 14.7 Å². The zero-order valence-corrected chi connectivity index (χ0v) is 17.0. The van der Waals surface area contributed by atoms with Gasteiger partial charge in [0.05, 0.1) is 38.4 Å². The molecule has 0 saturated heterocycles. The minimum atomic E-state index is -1.08. The molecule has 0 radical (unpaired) electrons. The van der Waals surface area contributed by atoms with E-state index in [1.807, 2.05) is 0 Å². The van der Waals surface area contributed by atoms with E-state index in [2.05, 4.69) is 20.5 Å². The van der Waals surface area contributed by atoms with Gasteiger partial charge in [0.15, 0.2) is 16.7 Å². The number of anilines is 1. The number of rotatable bonds is 4. The van der Waals surface area contributed by atoms with Crippen LogP contribution in [-0.4, -0.2) is 33.0 Å². The van der Waals surface area contributed by atoms with Gasteiger partial charge in [0.1, 0.15) is 6.17 Å². The maximum absolute atomic E-state index is 14.9. The van der Waals surface area contributed by atoms with Crippen LogP contribution in [0.2, 0.25) is 5.02 Å². The van der Waals surface area contributed by atoms with Crippen LogP contribution in [-0.2, 0) is 4.79 Å². The molecule has 2 N–H and O–H groups in total. The van der Waals surface area contributed by atoms with E-state index in [9.17, 15) is 18.4 Å². The number of amides is 1. The summed E-state index contributed by atoms with van der Waals surface area (Å²) in [5.41, 5.74) is 1.79. The van der Waals surface area contributed by atoms with Crippen molar-refractivity contribution in [3.05, 3.63) is 40.8 Å². The van der Waals surface area contributed by atoms with Crippen LogP contribution < -0.4 is 5.32 Å². The first-order valence-corrected chi connectivity index (χ1v) is 10.3. The van der Waals surface area contributed by atoms with Gasteiger partial charge < -0.3 is 5.32 Å². The number of carbonyl (C=O) groups excluding carboxylic acids is 2. The monoisotopic (exact) mass is 446 g/mol. The highest BCUT2D eigenvalue weighted by atomic mass is 35.5. The molecule has 0 spiro atoms. The van der Waals surface area contributed by atoms with Crippen molar-refractivity contribution in [1.82, 2.24) is 15.2 Å². The Hall–Kier alpha value is -2.91. The highest BCUT2D eigenvalue weighted by molar-refractivity contribution is 7.22. The highest BCUT2D eigenvalue weighted by Gasteiger charge is 2.43. The number of H-pyrrole nitrogens is 1. The molecule has 1 amide bonds. The predicted octanol–water partition coefficient (Wildman–Crippen LogP) is 5.13. The second-order valence-electron chi connectivity index (χ2n) is 7.14. The number of carbonyl (C=O) groups is 2. The number of alkyl halides is 1. The Morgan fingerprint density at radius 1 is 1.37 bits per heavy atom. The summed E-state index contributed by atoms with van der Waals surface area (Å²) in [4.78, 5) is 28.2. The van der Waals surface area contributed by atoms with Crippen molar-refractivity contribution in [3.63, 3.8) is 0 Å². The fraction of sp³-hybridized carbons (Fsp3) is 0.200. The summed E-state index contributed by atoms with van der Waals surface area (Å²) >= 11 is 7.55. The van der Waals surface area contributed by atoms with E-state index in [1.54, 1.807) is 18.2 Å². The fourth-order valence-electron chi connectivity index (χ4n) is 3.49. The molecule has 2 heterocycles. The number of ketones is 1. The zero-order valence-electron chi connectivity index (χ0n) is 15.4. The molecule has 2 aromatic carbocycles. The molecular formula is C20H13ClF2N4O2S. The van der Waals surface area contributed by atoms with Gasteiger partial charge in [0, 0.05) is 10.9 Å². The SMILES string of the molecule is CC(=O)c1c(F)c(Cl)c(-c2ccc3nc(NC(=O)[C@@H]4C[C@@H]4F)sc3c2)c2cn[nH]c12. The molecule has 4 aromatic rings. The van der Waals surface area contributed by atoms with Gasteiger partial charge in [0.2, 0.25) is 5.91 Å². The summed E-state index contributed by atoms with van der Waals surface area (Å²) in [5, 5.41) is 9.97. The Kier molecular flexibility index (Phi) is 4.33. The summed E-state index contributed by atoms with van der Waals surface area (Å²) in [7, 11) is 0. The lowest BCUT2D eigenvalue weighted by molar-refractivity contribution is -0.117. The number of benzene rings is 2. The Morgan fingerprint density at radius 2 is 2.13 bits per heavy atom. The van der Waals surface area contributed by atoms with Gasteiger partial charge in [-0.1, -0.05) is 29.0 Å². The van der Waals surface area contributed by atoms with Gasteiger partial charge in [0.25, 0.3) is 0 Å². The minimum Gasteiger partial charge on any atom is -0.302 e. The van der Waals surface area contributed by atoms with E-state index < -0.39 is 23.7 Å². The average Bonchev–Trinajstić information content (AvgIpc) is 3.08. The third-order valence-corrected chi connectivity index (χ3v) is 6.39. The number of hydrogen-bond donors (Lipinski definition) is 2. The average molecular weight is 447 g/mol. The first-order chi connectivity index (χ1) is 14.3. The molecule has 6 nitrogen and oxygen atoms in total. The lowest BCUT2D eigenvalue weighted by atomic mass is 9.97. The zero-order chi connectivity index (χ0) is 21.2. The van der Waals surface area contributed by atoms with E-state index in [4.69, 9.17) is 11.6 Å². The lowest BCUT2D eigenvalue weighted by Gasteiger charge is -2.11. The van der Waals surface area contributed by atoms with Gasteiger partial charge >= 0.3 is 0 Å². The molecule has 1 aliphatic rings. The minimum absolute atomic E-state index is 0.133. The molecule has 0 unspecified atom stereocenters. The van der Waals surface area contributed by atoms with Crippen LogP contribution in [0.5, 0.6) is 0 Å². The van der Waals surface area contributed by atoms with Crippen molar-refractivity contribution >= 4 is 60.9 Å². The van der Waals surface area contributed by atoms with Gasteiger partial charge in [-0.25, -0.2) is 13.8 Å². The summed E-state index contributed by atoms with van der Waals surface area (Å²) in [5.74, 6) is -2.26. The summed E-state index contributed by atoms with van der Waals surface area (Å²) in [6.07, 6.45) is 0.647. The lowest BCUT2D eigenvalue weighted by Crippen LogP contribution is -2.14. The topological polar surface area (TPSA) is 87.7 Å². The molecule has 10 heteroatoms. The third-order valence-electron chi connectivity index (χ3n) is 5.10. The summed E-state index contributed by atoms with van der Waals surface area (Å²) < 4.78 is 28.7. The van der Waals surface area contributed by atoms with E-state index in [0.29, 0.717) is 27.2 Å². The van der Waals surface area contributed by atoms with E-state index in [-0.39, 0.29) is 28.4 Å². The molecule has 30 heavy (non-hydrogen) atoms. The van der Waals surface area contributed by atoms with Crippen LogP contribution in [0.3, 0.4) is 0 Å². The molecule has 152 valence electrons. The number of thiazole rings is 1. The van der Waals surface area contributed by atoms with E-state index in [1.165, 1.54) is 24.5 Å². The summed E-state index contributed by atoms with van der Waals surface area (Å²) in [6, 6.07) is 5.23. The number of nitrogens with one attached hydrogen (secondary N) is 2. The summed E-state index contributed by atoms with van der Waals surface area (Å²) in [6.45, 7) is 1.26. The van der Waals surface area contributed by atoms with Crippen LogP contribution in [0, 0.1) is 11.7 Å². The van der Waals surface area contributed by atoms with Crippen molar-refractivity contribution in [2.24, 2.45) is 5.92 Å². The molecule has 1 fully saturated rings. The van der Waals surface area contributed by atoms with Gasteiger partial charge in [-0.15, -0.1) is 0 Å². The van der Waals surface area contributed by atoms with Crippen LogP contribution in [0.15, 0.2) is 24.4 Å². The Bertz CT molecular complexity index is 1370. The van der Waals surface area contributed by atoms with Crippen molar-refractivity contribution in [1.29, 1.82) is 0 Å². The predicted molar refractivity (Wildman–Crippen MR) is 111 cm³/mol. The number of aromatic amines is 1. The Balaban J connectivity index is 1.60. The molecule has 5 rings (SSSR count). The van der Waals surface area contributed by atoms with Crippen molar-refractivity contribution in [3.8, 4) is 11.1 Å². The number of Topliss-reactive ketones (excluding diaryl/α,β-unsaturated/α-hetero) is 1. The first kappa shape index (κ1) is 19.1. The third kappa shape index (κ3) is 2.96. The second-order valence-corrected chi connectivity index (χ2v) is 8.55. The van der Waals surface area contributed by atoms with Crippen molar-refractivity contribution in [2.45, 2.75) is 19.5 Å². The van der Waals surface area contributed by atoms with Gasteiger partial charge in [-0.2, -0.15) is 5.10 Å². The highest BCUT2D eigenvalue weighted by Crippen LogP contribution is 2.41. The maximum atomic E-state index is 14.9.